The molecular formula is C21H15F2N3O. The van der Waals surface area contributed by atoms with Gasteiger partial charge in [-0.1, -0.05) is 6.07 Å². The smallest absolute Gasteiger partial charge is 0.256 e. The largest absolute Gasteiger partial charge is 0.306 e. The fraction of sp³-hybridized carbons (Fsp3) is 0.0476. The molecule has 0 aliphatic carbocycles. The number of nitrogens with zero attached hydrogens (tertiary/aromatic N) is 2. The first-order valence-corrected chi connectivity index (χ1v) is 8.33. The molecule has 4 nitrogen and oxygen atoms in total. The number of fused-ring (bicyclic) bond motifs is 1. The number of carbonyl (C=O) groups is 1. The van der Waals surface area contributed by atoms with Crippen LogP contribution in [0.15, 0.2) is 66.9 Å². The predicted molar refractivity (Wildman–Crippen MR) is 99.7 cm³/mol. The van der Waals surface area contributed by atoms with Gasteiger partial charge in [-0.2, -0.15) is 0 Å². The van der Waals surface area contributed by atoms with E-state index >= 15 is 0 Å². The Morgan fingerprint density at radius 3 is 2.52 bits per heavy atom. The minimum absolute atomic E-state index is 0.196. The van der Waals surface area contributed by atoms with Gasteiger partial charge in [0.25, 0.3) is 5.91 Å². The van der Waals surface area contributed by atoms with E-state index in [1.54, 1.807) is 22.7 Å². The van der Waals surface area contributed by atoms with Crippen molar-refractivity contribution in [2.45, 2.75) is 6.92 Å². The number of amides is 1. The lowest BCUT2D eigenvalue weighted by atomic mass is 10.1. The summed E-state index contributed by atoms with van der Waals surface area (Å²) >= 11 is 0. The van der Waals surface area contributed by atoms with Gasteiger partial charge in [0.1, 0.15) is 28.8 Å². The van der Waals surface area contributed by atoms with Crippen LogP contribution in [-0.4, -0.2) is 15.3 Å². The molecule has 0 atom stereocenters. The summed E-state index contributed by atoms with van der Waals surface area (Å²) in [5.74, 6) is -0.870. The summed E-state index contributed by atoms with van der Waals surface area (Å²) in [6, 6.07) is 15.1. The number of aryl methyl sites for hydroxylation is 1. The summed E-state index contributed by atoms with van der Waals surface area (Å²) in [6.45, 7) is 1.94. The minimum atomic E-state index is -0.491. The Balaban J connectivity index is 1.83. The van der Waals surface area contributed by atoms with E-state index in [1.165, 1.54) is 36.4 Å². The van der Waals surface area contributed by atoms with Crippen molar-refractivity contribution >= 4 is 17.4 Å². The topological polar surface area (TPSA) is 46.4 Å². The summed E-state index contributed by atoms with van der Waals surface area (Å²) in [7, 11) is 0. The number of aromatic nitrogens is 2. The molecule has 2 heterocycles. The second-order valence-electron chi connectivity index (χ2n) is 6.21. The van der Waals surface area contributed by atoms with Crippen LogP contribution in [0.25, 0.3) is 16.9 Å². The maximum atomic E-state index is 13.5. The molecule has 0 bridgehead atoms. The Hall–Kier alpha value is -3.54. The van der Waals surface area contributed by atoms with Gasteiger partial charge in [0, 0.05) is 17.3 Å². The maximum Gasteiger partial charge on any atom is 0.256 e. The molecule has 134 valence electrons. The number of hydrogen-bond donors (Lipinski definition) is 1. The van der Waals surface area contributed by atoms with Crippen LogP contribution >= 0.6 is 0 Å². The van der Waals surface area contributed by atoms with E-state index in [1.807, 2.05) is 19.1 Å². The number of nitrogens with one attached hydrogen (secondary N) is 1. The fourth-order valence-electron chi connectivity index (χ4n) is 2.88. The van der Waals surface area contributed by atoms with Crippen LogP contribution in [0.1, 0.15) is 15.9 Å². The van der Waals surface area contributed by atoms with Crippen molar-refractivity contribution in [2.75, 3.05) is 5.32 Å². The van der Waals surface area contributed by atoms with Crippen LogP contribution in [0.4, 0.5) is 14.6 Å². The molecule has 4 aromatic rings. The highest BCUT2D eigenvalue weighted by Gasteiger charge is 2.18. The summed E-state index contributed by atoms with van der Waals surface area (Å²) < 4.78 is 28.5. The van der Waals surface area contributed by atoms with E-state index < -0.39 is 11.7 Å². The van der Waals surface area contributed by atoms with Gasteiger partial charge in [0.2, 0.25) is 0 Å². The summed E-state index contributed by atoms with van der Waals surface area (Å²) in [5, 5.41) is 2.81. The van der Waals surface area contributed by atoms with E-state index in [4.69, 9.17) is 0 Å². The maximum absolute atomic E-state index is 13.5. The highest BCUT2D eigenvalue weighted by atomic mass is 19.1. The number of imidazole rings is 1. The number of halogens is 2. The van der Waals surface area contributed by atoms with Gasteiger partial charge in [-0.25, -0.2) is 13.8 Å². The quantitative estimate of drug-likeness (QED) is 0.566. The van der Waals surface area contributed by atoms with Crippen LogP contribution in [0.5, 0.6) is 0 Å². The average molecular weight is 363 g/mol. The van der Waals surface area contributed by atoms with Gasteiger partial charge < -0.3 is 5.32 Å². The summed E-state index contributed by atoms with van der Waals surface area (Å²) in [4.78, 5) is 17.2. The SMILES string of the molecule is Cc1ccn2c(NC(=O)c3cccc(F)c3)c(-c3ccc(F)cc3)nc2c1. The third-order valence-corrected chi connectivity index (χ3v) is 4.22. The lowest BCUT2D eigenvalue weighted by Gasteiger charge is -2.08. The Kier molecular flexibility index (Phi) is 4.16. The molecule has 0 aliphatic heterocycles. The molecule has 0 saturated carbocycles. The molecule has 2 aromatic heterocycles. The van der Waals surface area contributed by atoms with Crippen LogP contribution in [0, 0.1) is 18.6 Å². The Morgan fingerprint density at radius 1 is 1.00 bits per heavy atom. The third kappa shape index (κ3) is 3.29. The molecule has 0 saturated heterocycles. The van der Waals surface area contributed by atoms with Crippen molar-refractivity contribution in [2.24, 2.45) is 0 Å². The second kappa shape index (κ2) is 6.64. The van der Waals surface area contributed by atoms with Crippen LogP contribution < -0.4 is 5.32 Å². The first-order valence-electron chi connectivity index (χ1n) is 8.33. The van der Waals surface area contributed by atoms with E-state index in [2.05, 4.69) is 10.3 Å². The van der Waals surface area contributed by atoms with Crippen LogP contribution in [0.3, 0.4) is 0 Å². The highest BCUT2D eigenvalue weighted by molar-refractivity contribution is 6.05. The van der Waals surface area contributed by atoms with Gasteiger partial charge in [0.15, 0.2) is 0 Å². The third-order valence-electron chi connectivity index (χ3n) is 4.22. The number of anilines is 1. The van der Waals surface area contributed by atoms with Crippen molar-refractivity contribution in [3.8, 4) is 11.3 Å². The Morgan fingerprint density at radius 2 is 1.78 bits per heavy atom. The lowest BCUT2D eigenvalue weighted by molar-refractivity contribution is 0.102. The van der Waals surface area contributed by atoms with Gasteiger partial charge in [-0.15, -0.1) is 0 Å². The first kappa shape index (κ1) is 16.9. The second-order valence-corrected chi connectivity index (χ2v) is 6.21. The molecular weight excluding hydrogens is 348 g/mol. The van der Waals surface area contributed by atoms with Gasteiger partial charge >= 0.3 is 0 Å². The zero-order chi connectivity index (χ0) is 19.0. The number of rotatable bonds is 3. The molecule has 0 radical (unpaired) electrons. The number of hydrogen-bond acceptors (Lipinski definition) is 2. The minimum Gasteiger partial charge on any atom is -0.306 e. The van der Waals surface area contributed by atoms with Gasteiger partial charge in [0.05, 0.1) is 0 Å². The van der Waals surface area contributed by atoms with Crippen molar-refractivity contribution in [3.63, 3.8) is 0 Å². The zero-order valence-corrected chi connectivity index (χ0v) is 14.4. The molecule has 0 spiro atoms. The van der Waals surface area contributed by atoms with Crippen molar-refractivity contribution in [1.82, 2.24) is 9.38 Å². The average Bonchev–Trinajstić information content (AvgIpc) is 2.99. The monoisotopic (exact) mass is 363 g/mol. The van der Waals surface area contributed by atoms with E-state index in [0.29, 0.717) is 22.7 Å². The molecule has 2 aromatic carbocycles. The van der Waals surface area contributed by atoms with Crippen molar-refractivity contribution < 1.29 is 13.6 Å². The Labute approximate surface area is 154 Å². The molecule has 0 aliphatic rings. The molecule has 1 amide bonds. The number of benzene rings is 2. The summed E-state index contributed by atoms with van der Waals surface area (Å²) in [6.07, 6.45) is 1.80. The normalized spacial score (nSPS) is 10.9. The standard InChI is InChI=1S/C21H15F2N3O/c1-13-9-10-26-18(11-13)24-19(14-5-7-16(22)8-6-14)20(26)25-21(27)15-3-2-4-17(23)12-15/h2-12H,1H3,(H,25,27). The van der Waals surface area contributed by atoms with Crippen LogP contribution in [-0.2, 0) is 0 Å². The predicted octanol–water partition coefficient (Wildman–Crippen LogP) is 4.84. The van der Waals surface area contributed by atoms with E-state index in [0.717, 1.165) is 5.56 Å². The number of pyridine rings is 1. The first-order chi connectivity index (χ1) is 13.0. The van der Waals surface area contributed by atoms with E-state index in [-0.39, 0.29) is 11.4 Å². The molecule has 6 heteroatoms. The van der Waals surface area contributed by atoms with E-state index in [9.17, 15) is 13.6 Å². The van der Waals surface area contributed by atoms with Crippen molar-refractivity contribution in [1.29, 1.82) is 0 Å². The molecule has 1 N–H and O–H groups in total. The lowest BCUT2D eigenvalue weighted by Crippen LogP contribution is -2.14. The molecule has 0 fully saturated rings. The van der Waals surface area contributed by atoms with Crippen LogP contribution in [0.2, 0.25) is 0 Å². The molecule has 27 heavy (non-hydrogen) atoms. The number of carbonyl (C=O) groups excluding carboxylic acids is 1. The van der Waals surface area contributed by atoms with Gasteiger partial charge in [-0.05, 0) is 67.1 Å². The summed E-state index contributed by atoms with van der Waals surface area (Å²) in [5.41, 5.74) is 3.02. The van der Waals surface area contributed by atoms with Crippen molar-refractivity contribution in [3.05, 3.63) is 89.6 Å². The molecule has 4 rings (SSSR count). The fourth-order valence-corrected chi connectivity index (χ4v) is 2.88. The highest BCUT2D eigenvalue weighted by Crippen LogP contribution is 2.29. The Bertz CT molecular complexity index is 1150. The molecule has 0 unspecified atom stereocenters. The zero-order valence-electron chi connectivity index (χ0n) is 14.4. The van der Waals surface area contributed by atoms with Gasteiger partial charge in [-0.3, -0.25) is 9.20 Å².